The zero-order valence-electron chi connectivity index (χ0n) is 13.0. The molecule has 1 saturated carbocycles. The van der Waals surface area contributed by atoms with Crippen LogP contribution in [0.1, 0.15) is 45.4 Å². The maximum absolute atomic E-state index is 12.8. The van der Waals surface area contributed by atoms with E-state index in [1.807, 2.05) is 6.92 Å². The van der Waals surface area contributed by atoms with E-state index in [9.17, 15) is 18.0 Å². The highest BCUT2D eigenvalue weighted by atomic mass is 19.4. The van der Waals surface area contributed by atoms with Crippen molar-refractivity contribution in [1.29, 1.82) is 0 Å². The normalized spacial score (nSPS) is 29.4. The Bertz CT molecular complexity index is 370. The van der Waals surface area contributed by atoms with Crippen LogP contribution in [-0.4, -0.2) is 48.9 Å². The number of likely N-dealkylation sites (N-methyl/N-ethyl adjacent to an activating group) is 1. The fourth-order valence-corrected chi connectivity index (χ4v) is 3.27. The van der Waals surface area contributed by atoms with E-state index in [1.54, 1.807) is 4.90 Å². The van der Waals surface area contributed by atoms with E-state index < -0.39 is 12.1 Å². The lowest BCUT2D eigenvalue weighted by Gasteiger charge is -2.33. The Morgan fingerprint density at radius 2 is 2.05 bits per heavy atom. The lowest BCUT2D eigenvalue weighted by molar-refractivity contribution is -0.183. The topological polar surface area (TPSA) is 41.6 Å². The quantitative estimate of drug-likeness (QED) is 0.863. The summed E-state index contributed by atoms with van der Waals surface area (Å²) < 4.78 is 43.9. The van der Waals surface area contributed by atoms with Gasteiger partial charge in [-0.2, -0.15) is 13.2 Å². The van der Waals surface area contributed by atoms with Crippen molar-refractivity contribution in [2.24, 2.45) is 5.92 Å². The van der Waals surface area contributed by atoms with Gasteiger partial charge in [-0.05, 0) is 39.0 Å². The van der Waals surface area contributed by atoms with E-state index in [0.717, 1.165) is 19.4 Å². The molecule has 0 unspecified atom stereocenters. The smallest absolute Gasteiger partial charge is 0.376 e. The van der Waals surface area contributed by atoms with Gasteiger partial charge in [-0.25, -0.2) is 4.79 Å². The highest BCUT2D eigenvalue weighted by Gasteiger charge is 2.42. The number of nitrogens with zero attached hydrogens (tertiary/aromatic N) is 1. The van der Waals surface area contributed by atoms with E-state index in [1.165, 1.54) is 0 Å². The van der Waals surface area contributed by atoms with Gasteiger partial charge in [-0.15, -0.1) is 0 Å². The molecule has 7 heteroatoms. The van der Waals surface area contributed by atoms with Crippen molar-refractivity contribution in [3.8, 4) is 0 Å². The SMILES string of the molecule is CCN(C[C@@H]1CCCO1)C(=O)N[C@H]1CCC[C@@H](C(F)(F)F)C1. The molecule has 2 rings (SSSR count). The van der Waals surface area contributed by atoms with E-state index in [2.05, 4.69) is 5.32 Å². The van der Waals surface area contributed by atoms with Gasteiger partial charge in [0.15, 0.2) is 0 Å². The van der Waals surface area contributed by atoms with Gasteiger partial charge in [-0.3, -0.25) is 0 Å². The second kappa shape index (κ2) is 7.53. The van der Waals surface area contributed by atoms with Gasteiger partial charge in [0, 0.05) is 25.7 Å². The van der Waals surface area contributed by atoms with Crippen LogP contribution in [0.4, 0.5) is 18.0 Å². The van der Waals surface area contributed by atoms with Crippen molar-refractivity contribution >= 4 is 6.03 Å². The molecular formula is C15H25F3N2O2. The van der Waals surface area contributed by atoms with Gasteiger partial charge < -0.3 is 15.0 Å². The van der Waals surface area contributed by atoms with E-state index in [-0.39, 0.29) is 31.0 Å². The predicted molar refractivity (Wildman–Crippen MR) is 76.6 cm³/mol. The number of carbonyl (C=O) groups is 1. The number of urea groups is 1. The fraction of sp³-hybridized carbons (Fsp3) is 0.933. The molecule has 1 heterocycles. The molecule has 0 bridgehead atoms. The van der Waals surface area contributed by atoms with Gasteiger partial charge in [0.25, 0.3) is 0 Å². The third-order valence-electron chi connectivity index (χ3n) is 4.58. The van der Waals surface area contributed by atoms with Crippen LogP contribution in [0, 0.1) is 5.92 Å². The van der Waals surface area contributed by atoms with E-state index in [4.69, 9.17) is 4.74 Å². The van der Waals surface area contributed by atoms with Crippen LogP contribution >= 0.6 is 0 Å². The molecule has 2 aliphatic rings. The summed E-state index contributed by atoms with van der Waals surface area (Å²) >= 11 is 0. The Kier molecular flexibility index (Phi) is 5.94. The van der Waals surface area contributed by atoms with Gasteiger partial charge in [0.2, 0.25) is 0 Å². The zero-order valence-corrected chi connectivity index (χ0v) is 13.0. The van der Waals surface area contributed by atoms with Crippen molar-refractivity contribution in [3.05, 3.63) is 0 Å². The molecule has 0 spiro atoms. The number of rotatable bonds is 4. The lowest BCUT2D eigenvalue weighted by atomic mass is 9.85. The molecule has 1 aliphatic carbocycles. The average molecular weight is 322 g/mol. The van der Waals surface area contributed by atoms with E-state index >= 15 is 0 Å². The first-order valence-corrected chi connectivity index (χ1v) is 8.14. The van der Waals surface area contributed by atoms with Crippen LogP contribution in [0.25, 0.3) is 0 Å². The molecule has 0 aromatic carbocycles. The summed E-state index contributed by atoms with van der Waals surface area (Å²) in [6, 6.07) is -0.655. The van der Waals surface area contributed by atoms with Gasteiger partial charge in [-0.1, -0.05) is 6.42 Å². The molecule has 2 amide bonds. The summed E-state index contributed by atoms with van der Waals surface area (Å²) in [5.74, 6) is -1.29. The van der Waals surface area contributed by atoms with Crippen LogP contribution in [0.15, 0.2) is 0 Å². The molecule has 1 aliphatic heterocycles. The predicted octanol–water partition coefficient (Wildman–Crippen LogP) is 3.32. The Hall–Kier alpha value is -0.980. The van der Waals surface area contributed by atoms with Crippen molar-refractivity contribution in [1.82, 2.24) is 10.2 Å². The summed E-state index contributed by atoms with van der Waals surface area (Å²) in [4.78, 5) is 13.9. The Labute approximate surface area is 129 Å². The van der Waals surface area contributed by atoms with Crippen LogP contribution < -0.4 is 5.32 Å². The van der Waals surface area contributed by atoms with Crippen LogP contribution in [0.3, 0.4) is 0 Å². The van der Waals surface area contributed by atoms with Gasteiger partial charge in [0.1, 0.15) is 0 Å². The summed E-state index contributed by atoms with van der Waals surface area (Å²) in [5, 5.41) is 2.78. The molecule has 22 heavy (non-hydrogen) atoms. The third kappa shape index (κ3) is 4.76. The summed E-state index contributed by atoms with van der Waals surface area (Å²) in [7, 11) is 0. The second-order valence-electron chi connectivity index (χ2n) is 6.23. The third-order valence-corrected chi connectivity index (χ3v) is 4.58. The largest absolute Gasteiger partial charge is 0.391 e. The van der Waals surface area contributed by atoms with Crippen LogP contribution in [0.2, 0.25) is 0 Å². The Morgan fingerprint density at radius 3 is 2.64 bits per heavy atom. The minimum absolute atomic E-state index is 0.00722. The van der Waals surface area contributed by atoms with Crippen LogP contribution in [0.5, 0.6) is 0 Å². The van der Waals surface area contributed by atoms with Gasteiger partial charge >= 0.3 is 12.2 Å². The van der Waals surface area contributed by atoms with Crippen molar-refractivity contribution in [2.45, 2.75) is 63.8 Å². The summed E-state index contributed by atoms with van der Waals surface area (Å²) in [6.07, 6.45) is -0.882. The molecule has 1 saturated heterocycles. The minimum atomic E-state index is -4.16. The number of hydrogen-bond acceptors (Lipinski definition) is 2. The molecule has 1 N–H and O–H groups in total. The summed E-state index contributed by atoms with van der Waals surface area (Å²) in [5.41, 5.74) is 0. The van der Waals surface area contributed by atoms with E-state index in [0.29, 0.717) is 25.9 Å². The number of alkyl halides is 3. The first kappa shape index (κ1) is 17.4. The minimum Gasteiger partial charge on any atom is -0.376 e. The molecule has 0 aromatic rings. The maximum Gasteiger partial charge on any atom is 0.391 e. The average Bonchev–Trinajstić information content (AvgIpc) is 2.97. The number of nitrogens with one attached hydrogen (secondary N) is 1. The second-order valence-corrected chi connectivity index (χ2v) is 6.23. The standard InChI is InChI=1S/C15H25F3N2O2/c1-2-20(10-13-7-4-8-22-13)14(21)19-12-6-3-5-11(9-12)15(16,17)18/h11-13H,2-10H2,1H3,(H,19,21)/t11-,12+,13+/m1/s1. The van der Waals surface area contributed by atoms with Crippen molar-refractivity contribution < 1.29 is 22.7 Å². The monoisotopic (exact) mass is 322 g/mol. The number of amides is 2. The highest BCUT2D eigenvalue weighted by Crippen LogP contribution is 2.37. The number of carbonyl (C=O) groups excluding carboxylic acids is 1. The number of hydrogen-bond donors (Lipinski definition) is 1. The Morgan fingerprint density at radius 1 is 1.27 bits per heavy atom. The van der Waals surface area contributed by atoms with Crippen molar-refractivity contribution in [2.75, 3.05) is 19.7 Å². The molecular weight excluding hydrogens is 297 g/mol. The fourth-order valence-electron chi connectivity index (χ4n) is 3.27. The van der Waals surface area contributed by atoms with Crippen LogP contribution in [-0.2, 0) is 4.74 Å². The maximum atomic E-state index is 12.8. The first-order valence-electron chi connectivity index (χ1n) is 8.14. The molecule has 0 aromatic heterocycles. The molecule has 3 atom stereocenters. The summed E-state index contributed by atoms with van der Waals surface area (Å²) in [6.45, 7) is 3.63. The zero-order chi connectivity index (χ0) is 16.2. The number of ether oxygens (including phenoxy) is 1. The molecule has 2 fully saturated rings. The molecule has 128 valence electrons. The highest BCUT2D eigenvalue weighted by molar-refractivity contribution is 5.74. The lowest BCUT2D eigenvalue weighted by Crippen LogP contribution is -2.49. The molecule has 0 radical (unpaired) electrons. The first-order chi connectivity index (χ1) is 10.4. The van der Waals surface area contributed by atoms with Crippen molar-refractivity contribution in [3.63, 3.8) is 0 Å². The van der Waals surface area contributed by atoms with Gasteiger partial charge in [0.05, 0.1) is 12.0 Å². The number of halogens is 3. The molecule has 4 nitrogen and oxygen atoms in total. The Balaban J connectivity index is 1.83.